The molecule has 3 nitrogen and oxygen atoms in total. The zero-order valence-corrected chi connectivity index (χ0v) is 16.1. The van der Waals surface area contributed by atoms with E-state index in [1.165, 1.54) is 56.1 Å². The van der Waals surface area contributed by atoms with Crippen LogP contribution in [0.1, 0.15) is 56.9 Å². The van der Waals surface area contributed by atoms with Gasteiger partial charge in [0.1, 0.15) is 0 Å². The number of nitrogens with one attached hydrogen (secondary N) is 1. The van der Waals surface area contributed by atoms with Gasteiger partial charge in [-0.25, -0.2) is 0 Å². The third-order valence-corrected chi connectivity index (χ3v) is 5.88. The van der Waals surface area contributed by atoms with E-state index in [0.29, 0.717) is 6.42 Å². The Morgan fingerprint density at radius 1 is 1.12 bits per heavy atom. The fraction of sp³-hybridized carbons (Fsp3) is 0.609. The Kier molecular flexibility index (Phi) is 7.75. The number of carbonyl (C=O) groups excluding carboxylic acids is 1. The van der Waals surface area contributed by atoms with Crippen LogP contribution in [0.25, 0.3) is 0 Å². The molecule has 0 saturated carbocycles. The Morgan fingerprint density at radius 3 is 2.65 bits per heavy atom. The topological polar surface area (TPSA) is 32.3 Å². The third kappa shape index (κ3) is 6.60. The van der Waals surface area contributed by atoms with E-state index in [1.54, 1.807) is 0 Å². The van der Waals surface area contributed by atoms with Crippen LogP contribution in [-0.2, 0) is 11.2 Å². The van der Waals surface area contributed by atoms with Gasteiger partial charge in [0, 0.05) is 19.5 Å². The Hall–Kier alpha value is -1.61. The summed E-state index contributed by atoms with van der Waals surface area (Å²) in [5, 5.41) is 3.10. The van der Waals surface area contributed by atoms with Crippen LogP contribution < -0.4 is 5.32 Å². The highest BCUT2D eigenvalue weighted by atomic mass is 16.1. The highest BCUT2D eigenvalue weighted by Crippen LogP contribution is 2.22. The van der Waals surface area contributed by atoms with Crippen LogP contribution in [0, 0.1) is 5.92 Å². The Balaban J connectivity index is 1.26. The second kappa shape index (κ2) is 10.5. The maximum atomic E-state index is 12.1. The monoisotopic (exact) mass is 354 g/mol. The van der Waals surface area contributed by atoms with Gasteiger partial charge in [-0.1, -0.05) is 42.0 Å². The molecule has 1 aromatic carbocycles. The van der Waals surface area contributed by atoms with Crippen molar-refractivity contribution >= 4 is 5.91 Å². The molecule has 2 aliphatic rings. The van der Waals surface area contributed by atoms with Crippen LogP contribution in [0.5, 0.6) is 0 Å². The van der Waals surface area contributed by atoms with Crippen molar-refractivity contribution < 1.29 is 4.79 Å². The van der Waals surface area contributed by atoms with Gasteiger partial charge in [0.05, 0.1) is 0 Å². The molecule has 1 aliphatic carbocycles. The molecule has 0 radical (unpaired) electrons. The average Bonchev–Trinajstić information content (AvgIpc) is 2.69. The quantitative estimate of drug-likeness (QED) is 0.705. The van der Waals surface area contributed by atoms with E-state index in [9.17, 15) is 4.79 Å². The van der Waals surface area contributed by atoms with Crippen LogP contribution in [0.4, 0.5) is 0 Å². The number of likely N-dealkylation sites (tertiary alicyclic amines) is 1. The smallest absolute Gasteiger partial charge is 0.221 e. The molecule has 1 heterocycles. The van der Waals surface area contributed by atoms with Crippen LogP contribution >= 0.6 is 0 Å². The van der Waals surface area contributed by atoms with Crippen LogP contribution in [0.2, 0.25) is 0 Å². The van der Waals surface area contributed by atoms with Crippen molar-refractivity contribution in [2.75, 3.05) is 26.2 Å². The number of allylic oxidation sites excluding steroid dienone is 1. The number of benzene rings is 1. The van der Waals surface area contributed by atoms with Gasteiger partial charge in [0.2, 0.25) is 5.91 Å². The minimum atomic E-state index is 0.216. The highest BCUT2D eigenvalue weighted by molar-refractivity contribution is 5.76. The molecule has 26 heavy (non-hydrogen) atoms. The van der Waals surface area contributed by atoms with Gasteiger partial charge in [-0.15, -0.1) is 0 Å². The molecule has 3 heteroatoms. The van der Waals surface area contributed by atoms with Crippen molar-refractivity contribution in [1.82, 2.24) is 10.2 Å². The first-order valence-electron chi connectivity index (χ1n) is 10.5. The van der Waals surface area contributed by atoms with E-state index in [-0.39, 0.29) is 5.91 Å². The maximum Gasteiger partial charge on any atom is 0.221 e. The van der Waals surface area contributed by atoms with Gasteiger partial charge >= 0.3 is 0 Å². The SMILES string of the molecule is O=C(CCN1CCC(Cc2ccccc2)CC1)NCCC1=CCCCC1. The first-order valence-corrected chi connectivity index (χ1v) is 10.5. The van der Waals surface area contributed by atoms with Crippen LogP contribution in [-0.4, -0.2) is 37.0 Å². The van der Waals surface area contributed by atoms with Gasteiger partial charge < -0.3 is 10.2 Å². The van der Waals surface area contributed by atoms with E-state index < -0.39 is 0 Å². The van der Waals surface area contributed by atoms with Crippen molar-refractivity contribution in [3.05, 3.63) is 47.5 Å². The molecule has 142 valence electrons. The Morgan fingerprint density at radius 2 is 1.92 bits per heavy atom. The Labute approximate surface area is 158 Å². The van der Waals surface area contributed by atoms with Crippen molar-refractivity contribution in [3.63, 3.8) is 0 Å². The number of carbonyl (C=O) groups is 1. The van der Waals surface area contributed by atoms with Crippen molar-refractivity contribution in [2.45, 2.75) is 57.8 Å². The van der Waals surface area contributed by atoms with Crippen LogP contribution in [0.3, 0.4) is 0 Å². The lowest BCUT2D eigenvalue weighted by Crippen LogP contribution is -2.37. The molecule has 1 N–H and O–H groups in total. The predicted molar refractivity (Wildman–Crippen MR) is 108 cm³/mol. The van der Waals surface area contributed by atoms with Gasteiger partial charge in [0.15, 0.2) is 0 Å². The molecule has 1 saturated heterocycles. The zero-order chi connectivity index (χ0) is 18.0. The number of nitrogens with zero attached hydrogens (tertiary/aromatic N) is 1. The molecule has 0 spiro atoms. The predicted octanol–water partition coefficient (Wildman–Crippen LogP) is 4.34. The van der Waals surface area contributed by atoms with Crippen molar-refractivity contribution in [2.24, 2.45) is 5.92 Å². The number of rotatable bonds is 8. The minimum absolute atomic E-state index is 0.216. The number of hydrogen-bond acceptors (Lipinski definition) is 2. The molecule has 1 fully saturated rings. The summed E-state index contributed by atoms with van der Waals surface area (Å²) in [6.45, 7) is 3.99. The summed E-state index contributed by atoms with van der Waals surface area (Å²) in [6, 6.07) is 10.8. The summed E-state index contributed by atoms with van der Waals surface area (Å²) >= 11 is 0. The molecule has 3 rings (SSSR count). The first-order chi connectivity index (χ1) is 12.8. The lowest BCUT2D eigenvalue weighted by atomic mass is 9.90. The fourth-order valence-corrected chi connectivity index (χ4v) is 4.20. The van der Waals surface area contributed by atoms with Gasteiger partial charge in [-0.2, -0.15) is 0 Å². The first kappa shape index (κ1) is 19.2. The largest absolute Gasteiger partial charge is 0.356 e. The zero-order valence-electron chi connectivity index (χ0n) is 16.1. The maximum absolute atomic E-state index is 12.1. The molecule has 0 atom stereocenters. The number of piperidine rings is 1. The fourth-order valence-electron chi connectivity index (χ4n) is 4.20. The van der Waals surface area contributed by atoms with Gasteiger partial charge in [-0.05, 0) is 75.9 Å². The summed E-state index contributed by atoms with van der Waals surface area (Å²) in [6.07, 6.45) is 12.9. The lowest BCUT2D eigenvalue weighted by Gasteiger charge is -2.31. The minimum Gasteiger partial charge on any atom is -0.356 e. The summed E-state index contributed by atoms with van der Waals surface area (Å²) in [7, 11) is 0. The summed E-state index contributed by atoms with van der Waals surface area (Å²) in [5.74, 6) is 1.01. The second-order valence-corrected chi connectivity index (χ2v) is 7.93. The van der Waals surface area contributed by atoms with Gasteiger partial charge in [0.25, 0.3) is 0 Å². The van der Waals surface area contributed by atoms with E-state index in [0.717, 1.165) is 38.5 Å². The summed E-state index contributed by atoms with van der Waals surface area (Å²) in [5.41, 5.74) is 3.00. The second-order valence-electron chi connectivity index (χ2n) is 7.93. The van der Waals surface area contributed by atoms with Crippen molar-refractivity contribution in [1.29, 1.82) is 0 Å². The number of amides is 1. The van der Waals surface area contributed by atoms with Crippen LogP contribution in [0.15, 0.2) is 42.0 Å². The van der Waals surface area contributed by atoms with E-state index in [2.05, 4.69) is 46.6 Å². The van der Waals surface area contributed by atoms with Gasteiger partial charge in [-0.3, -0.25) is 4.79 Å². The molecule has 0 aromatic heterocycles. The molecule has 0 unspecified atom stereocenters. The molecular weight excluding hydrogens is 320 g/mol. The lowest BCUT2D eigenvalue weighted by molar-refractivity contribution is -0.121. The van der Waals surface area contributed by atoms with E-state index in [4.69, 9.17) is 0 Å². The summed E-state index contributed by atoms with van der Waals surface area (Å²) in [4.78, 5) is 14.5. The summed E-state index contributed by atoms with van der Waals surface area (Å²) < 4.78 is 0. The molecule has 0 bridgehead atoms. The Bertz CT molecular complexity index is 573. The molecule has 1 aromatic rings. The van der Waals surface area contributed by atoms with E-state index >= 15 is 0 Å². The third-order valence-electron chi connectivity index (χ3n) is 5.88. The molecular formula is C23H34N2O. The van der Waals surface area contributed by atoms with Crippen molar-refractivity contribution in [3.8, 4) is 0 Å². The standard InChI is InChI=1S/C23H34N2O/c26-23(24-15-11-20-7-3-1-4-8-20)14-18-25-16-12-22(13-17-25)19-21-9-5-2-6-10-21/h2,5-7,9-10,22H,1,3-4,8,11-19H2,(H,24,26). The number of hydrogen-bond donors (Lipinski definition) is 1. The normalized spacial score (nSPS) is 19.2. The highest BCUT2D eigenvalue weighted by Gasteiger charge is 2.19. The average molecular weight is 355 g/mol. The van der Waals surface area contributed by atoms with E-state index in [1.807, 2.05) is 0 Å². The molecule has 1 aliphatic heterocycles. The molecule has 1 amide bonds.